The van der Waals surface area contributed by atoms with Crippen LogP contribution in [0.2, 0.25) is 0 Å². The Kier molecular flexibility index (Phi) is 4.24. The molecular formula is C9H5As3S3. The molecule has 15 heavy (non-hydrogen) atoms. The van der Waals surface area contributed by atoms with Crippen LogP contribution >= 0.6 is 30.1 Å². The molecule has 0 saturated carbocycles. The van der Waals surface area contributed by atoms with E-state index in [4.69, 9.17) is 0 Å². The Morgan fingerprint density at radius 1 is 0.800 bits per heavy atom. The predicted octanol–water partition coefficient (Wildman–Crippen LogP) is 1.51. The van der Waals surface area contributed by atoms with E-state index in [0.29, 0.717) is 42.5 Å². The molecule has 0 aromatic heterocycles. The Bertz CT molecular complexity index is 439. The van der Waals surface area contributed by atoms with Gasteiger partial charge in [0.1, 0.15) is 0 Å². The summed E-state index contributed by atoms with van der Waals surface area (Å²) in [5.41, 5.74) is 1.61. The first-order chi connectivity index (χ1) is 7.45. The fourth-order valence-corrected chi connectivity index (χ4v) is 16.2. The average Bonchev–Trinajstić information content (AvgIpc) is 3.01. The summed E-state index contributed by atoms with van der Waals surface area (Å²) >= 11 is 1.11. The number of hydrogen-bond donors (Lipinski definition) is 0. The van der Waals surface area contributed by atoms with Crippen LogP contribution in [-0.2, 0) is 0 Å². The zero-order valence-corrected chi connectivity index (χ0v) is 15.5. The van der Waals surface area contributed by atoms with Gasteiger partial charge in [-0.2, -0.15) is 0 Å². The van der Waals surface area contributed by atoms with Gasteiger partial charge in [0.2, 0.25) is 0 Å². The SMILES string of the molecule is C1=CC(C2=CS[As]=C2C2=[As]SC=C2)=[As]S1. The van der Waals surface area contributed by atoms with E-state index in [2.05, 4.69) is 38.4 Å². The van der Waals surface area contributed by atoms with Gasteiger partial charge in [-0.25, -0.2) is 0 Å². The molecule has 3 aliphatic heterocycles. The average molecular weight is 434 g/mol. The fraction of sp³-hybridized carbons (Fsp3) is 0. The molecule has 0 unspecified atom stereocenters. The van der Waals surface area contributed by atoms with E-state index in [9.17, 15) is 0 Å². The van der Waals surface area contributed by atoms with Gasteiger partial charge in [-0.3, -0.25) is 0 Å². The van der Waals surface area contributed by atoms with E-state index < -0.39 is 0 Å². The van der Waals surface area contributed by atoms with Crippen LogP contribution in [0.4, 0.5) is 0 Å². The third-order valence-electron chi connectivity index (χ3n) is 1.96. The van der Waals surface area contributed by atoms with Gasteiger partial charge in [0, 0.05) is 0 Å². The topological polar surface area (TPSA) is 0 Å². The summed E-state index contributed by atoms with van der Waals surface area (Å²) in [5, 5.41) is 6.97. The molecule has 0 bridgehead atoms. The van der Waals surface area contributed by atoms with Gasteiger partial charge in [0.25, 0.3) is 0 Å². The van der Waals surface area contributed by atoms with Crippen LogP contribution < -0.4 is 0 Å². The Morgan fingerprint density at radius 2 is 1.53 bits per heavy atom. The summed E-state index contributed by atoms with van der Waals surface area (Å²) in [6, 6.07) is 0. The van der Waals surface area contributed by atoms with Crippen molar-refractivity contribution >= 4 is 85.4 Å². The van der Waals surface area contributed by atoms with Gasteiger partial charge < -0.3 is 0 Å². The summed E-state index contributed by atoms with van der Waals surface area (Å²) in [6.45, 7) is 0. The molecule has 0 aromatic rings. The van der Waals surface area contributed by atoms with Gasteiger partial charge in [-0.15, -0.1) is 0 Å². The van der Waals surface area contributed by atoms with Crippen molar-refractivity contribution in [3.05, 3.63) is 33.9 Å². The van der Waals surface area contributed by atoms with Crippen LogP contribution in [-0.4, -0.2) is 55.4 Å². The Labute approximate surface area is 118 Å². The summed E-state index contributed by atoms with van der Waals surface area (Å²) < 4.78 is 5.06. The monoisotopic (exact) mass is 434 g/mol. The molecule has 0 radical (unpaired) electrons. The van der Waals surface area contributed by atoms with Gasteiger partial charge in [0.15, 0.2) is 0 Å². The molecule has 0 aromatic carbocycles. The molecule has 0 nitrogen and oxygen atoms in total. The number of rotatable bonds is 2. The van der Waals surface area contributed by atoms with E-state index >= 15 is 0 Å². The standard InChI is InChI=1S/C9H5As3S3/c1-3-13-10-7(1)6-5-15-12-9(6)8-2-4-14-11-8/h1-5H. The van der Waals surface area contributed by atoms with Crippen LogP contribution in [0.3, 0.4) is 0 Å². The summed E-state index contributed by atoms with van der Waals surface area (Å²) in [4.78, 5) is 0. The van der Waals surface area contributed by atoms with E-state index in [1.807, 2.05) is 20.0 Å². The molecular weight excluding hydrogens is 429 g/mol. The predicted molar refractivity (Wildman–Crippen MR) is 81.4 cm³/mol. The van der Waals surface area contributed by atoms with Crippen LogP contribution in [0.15, 0.2) is 33.9 Å². The van der Waals surface area contributed by atoms with E-state index in [0.717, 1.165) is 0 Å². The van der Waals surface area contributed by atoms with Gasteiger partial charge in [-0.1, -0.05) is 0 Å². The molecule has 0 saturated heterocycles. The molecule has 0 spiro atoms. The molecule has 0 aliphatic carbocycles. The summed E-state index contributed by atoms with van der Waals surface area (Å²) in [6.07, 6.45) is 4.70. The van der Waals surface area contributed by atoms with Crippen molar-refractivity contribution in [2.75, 3.05) is 0 Å². The van der Waals surface area contributed by atoms with E-state index in [1.54, 1.807) is 18.5 Å². The first-order valence-electron chi connectivity index (χ1n) is 4.21. The molecule has 0 amide bonds. The van der Waals surface area contributed by atoms with Crippen molar-refractivity contribution < 1.29 is 0 Å². The molecule has 3 rings (SSSR count). The van der Waals surface area contributed by atoms with Crippen LogP contribution in [0.25, 0.3) is 0 Å². The van der Waals surface area contributed by atoms with Crippen LogP contribution in [0.1, 0.15) is 0 Å². The summed E-state index contributed by atoms with van der Waals surface area (Å²) in [5.74, 6) is 0. The normalized spacial score (nSPS) is 26.1. The van der Waals surface area contributed by atoms with E-state index in [1.165, 1.54) is 0 Å². The second kappa shape index (κ2) is 5.47. The Balaban J connectivity index is 1.94. The Morgan fingerprint density at radius 3 is 2.20 bits per heavy atom. The first-order valence-corrected chi connectivity index (χ1v) is 16.4. The fourth-order valence-electron chi connectivity index (χ4n) is 1.29. The van der Waals surface area contributed by atoms with Gasteiger partial charge >= 0.3 is 119 Å². The third-order valence-corrected chi connectivity index (χ3v) is 15.0. The zero-order valence-electron chi connectivity index (χ0n) is 7.45. The molecule has 0 N–H and O–H groups in total. The van der Waals surface area contributed by atoms with Crippen molar-refractivity contribution in [3.8, 4) is 0 Å². The molecule has 3 aliphatic rings. The maximum absolute atomic E-state index is 2.42. The zero-order chi connectivity index (χ0) is 10.1. The second-order valence-electron chi connectivity index (χ2n) is 2.85. The minimum absolute atomic E-state index is 0.363. The second-order valence-corrected chi connectivity index (χ2v) is 15.2. The third kappa shape index (κ3) is 2.54. The van der Waals surface area contributed by atoms with Crippen molar-refractivity contribution in [2.45, 2.75) is 0 Å². The van der Waals surface area contributed by atoms with E-state index in [-0.39, 0.29) is 0 Å². The molecule has 0 atom stereocenters. The van der Waals surface area contributed by atoms with Gasteiger partial charge in [0.05, 0.1) is 0 Å². The first kappa shape index (κ1) is 11.6. The van der Waals surface area contributed by atoms with Gasteiger partial charge in [-0.05, 0) is 0 Å². The van der Waals surface area contributed by atoms with Crippen molar-refractivity contribution in [1.82, 2.24) is 0 Å². The quantitative estimate of drug-likeness (QED) is 0.606. The molecule has 6 heteroatoms. The minimum atomic E-state index is 0.363. The number of hydrogen-bond acceptors (Lipinski definition) is 3. The van der Waals surface area contributed by atoms with Crippen molar-refractivity contribution in [1.29, 1.82) is 0 Å². The molecule has 0 fully saturated rings. The molecule has 74 valence electrons. The van der Waals surface area contributed by atoms with Crippen LogP contribution in [0.5, 0.6) is 0 Å². The van der Waals surface area contributed by atoms with Crippen molar-refractivity contribution in [3.63, 3.8) is 0 Å². The van der Waals surface area contributed by atoms with Crippen LogP contribution in [0, 0.1) is 0 Å². The van der Waals surface area contributed by atoms with Crippen molar-refractivity contribution in [2.24, 2.45) is 0 Å². The maximum atomic E-state index is 2.42. The summed E-state index contributed by atoms with van der Waals surface area (Å²) in [7, 11) is 6.10. The Hall–Kier alpha value is 1.56. The number of allylic oxidation sites excluding steroid dienone is 3. The molecule has 3 heterocycles.